The Balaban J connectivity index is 2.02. The van der Waals surface area contributed by atoms with Crippen molar-refractivity contribution in [1.29, 1.82) is 0 Å². The molecule has 0 bridgehead atoms. The van der Waals surface area contributed by atoms with E-state index in [4.69, 9.17) is 5.73 Å². The number of carbonyl (C=O) groups is 2. The number of carbonyl (C=O) groups excluding carboxylic acids is 2. The van der Waals surface area contributed by atoms with Crippen LogP contribution < -0.4 is 21.3 Å². The summed E-state index contributed by atoms with van der Waals surface area (Å²) in [6.45, 7) is 1.98. The number of benzene rings is 1. The predicted octanol–water partition coefficient (Wildman–Crippen LogP) is 1.29. The number of hydrogen-bond donors (Lipinski definition) is 3. The number of alkyl halides is 3. The molecule has 1 aromatic heterocycles. The van der Waals surface area contributed by atoms with Crippen LogP contribution >= 0.6 is 0 Å². The smallest absolute Gasteiger partial charge is 0.371 e. The fourth-order valence-corrected chi connectivity index (χ4v) is 2.48. The van der Waals surface area contributed by atoms with Crippen LogP contribution in [-0.2, 0) is 6.18 Å². The van der Waals surface area contributed by atoms with Crippen LogP contribution in [0.4, 0.5) is 24.9 Å². The molecule has 1 atom stereocenters. The molecule has 156 valence electrons. The van der Waals surface area contributed by atoms with Gasteiger partial charge in [0, 0.05) is 32.2 Å². The zero-order valence-electron chi connectivity index (χ0n) is 15.9. The molecule has 0 aliphatic rings. The van der Waals surface area contributed by atoms with E-state index in [9.17, 15) is 22.8 Å². The third-order valence-electron chi connectivity index (χ3n) is 3.89. The number of rotatable bonds is 7. The van der Waals surface area contributed by atoms with Crippen molar-refractivity contribution >= 4 is 23.6 Å². The number of nitrogens with one attached hydrogen (secondary N) is 2. The van der Waals surface area contributed by atoms with Gasteiger partial charge in [-0.1, -0.05) is 0 Å². The maximum Gasteiger partial charge on any atom is 0.416 e. The summed E-state index contributed by atoms with van der Waals surface area (Å²) in [7, 11) is 3.20. The second-order valence-corrected chi connectivity index (χ2v) is 6.25. The number of primary amides is 1. The summed E-state index contributed by atoms with van der Waals surface area (Å²) in [4.78, 5) is 29.3. The summed E-state index contributed by atoms with van der Waals surface area (Å²) in [5.41, 5.74) is 4.37. The predicted molar refractivity (Wildman–Crippen MR) is 99.5 cm³/mol. The lowest BCUT2D eigenvalue weighted by Crippen LogP contribution is -2.41. The largest absolute Gasteiger partial charge is 0.416 e. The van der Waals surface area contributed by atoms with Crippen LogP contribution in [0.1, 0.15) is 33.3 Å². The fraction of sp³-hybridized carbons (Fsp3) is 0.353. The van der Waals surface area contributed by atoms with E-state index in [1.807, 2.05) is 0 Å². The summed E-state index contributed by atoms with van der Waals surface area (Å²) in [6.07, 6.45) is -4.46. The molecule has 0 fully saturated rings. The molecule has 2 rings (SSSR count). The molecule has 12 heteroatoms. The highest BCUT2D eigenvalue weighted by Crippen LogP contribution is 2.29. The molecule has 1 heterocycles. The van der Waals surface area contributed by atoms with Gasteiger partial charge in [-0.3, -0.25) is 9.59 Å². The number of hydrogen-bond acceptors (Lipinski definition) is 7. The first kappa shape index (κ1) is 21.9. The molecular weight excluding hydrogens is 391 g/mol. The Labute approximate surface area is 164 Å². The van der Waals surface area contributed by atoms with E-state index in [0.717, 1.165) is 24.3 Å². The highest BCUT2D eigenvalue weighted by atomic mass is 19.4. The number of likely N-dealkylation sites (N-methyl/N-ethyl adjacent to an activating group) is 1. The zero-order chi connectivity index (χ0) is 21.8. The Kier molecular flexibility index (Phi) is 6.56. The first-order chi connectivity index (χ1) is 13.5. The van der Waals surface area contributed by atoms with Crippen molar-refractivity contribution in [3.63, 3.8) is 0 Å². The quantitative estimate of drug-likeness (QED) is 0.627. The van der Waals surface area contributed by atoms with Crippen LogP contribution in [-0.4, -0.2) is 53.7 Å². The Morgan fingerprint density at radius 3 is 2.34 bits per heavy atom. The van der Waals surface area contributed by atoms with Gasteiger partial charge in [0.15, 0.2) is 11.5 Å². The minimum Gasteiger partial charge on any atom is -0.371 e. The van der Waals surface area contributed by atoms with Crippen molar-refractivity contribution < 1.29 is 22.8 Å². The summed E-state index contributed by atoms with van der Waals surface area (Å²) >= 11 is 0. The van der Waals surface area contributed by atoms with Gasteiger partial charge in [-0.25, -0.2) is 0 Å². The van der Waals surface area contributed by atoms with Gasteiger partial charge in [0.05, 0.1) is 5.56 Å². The molecule has 1 unspecified atom stereocenters. The van der Waals surface area contributed by atoms with Gasteiger partial charge < -0.3 is 21.3 Å². The molecule has 0 saturated heterocycles. The standard InChI is InChI=1S/C17H20F3N7O2/c1-9(23-15(29)10-4-6-11(7-5-10)17(18,19)20)8-27(3)16-24-14(22-2)12(13(21)28)25-26-16/h4-7,9H,8H2,1-3H3,(H2,21,28)(H,23,29)(H,22,24,26). The van der Waals surface area contributed by atoms with E-state index in [1.54, 1.807) is 25.9 Å². The summed E-state index contributed by atoms with van der Waals surface area (Å²) in [6, 6.07) is 3.54. The van der Waals surface area contributed by atoms with Gasteiger partial charge in [-0.05, 0) is 31.2 Å². The third-order valence-corrected chi connectivity index (χ3v) is 3.89. The zero-order valence-corrected chi connectivity index (χ0v) is 15.9. The number of nitrogens with two attached hydrogens (primary N) is 1. The first-order valence-corrected chi connectivity index (χ1v) is 8.44. The second kappa shape index (κ2) is 8.71. The minimum atomic E-state index is -4.46. The van der Waals surface area contributed by atoms with E-state index in [2.05, 4.69) is 25.8 Å². The summed E-state index contributed by atoms with van der Waals surface area (Å²) in [5.74, 6) is -0.940. The molecule has 0 radical (unpaired) electrons. The van der Waals surface area contributed by atoms with Crippen molar-refractivity contribution in [3.8, 4) is 0 Å². The highest BCUT2D eigenvalue weighted by Gasteiger charge is 2.30. The maximum absolute atomic E-state index is 12.6. The Hall–Kier alpha value is -3.44. The van der Waals surface area contributed by atoms with Crippen LogP contribution in [0.5, 0.6) is 0 Å². The maximum atomic E-state index is 12.6. The molecule has 29 heavy (non-hydrogen) atoms. The van der Waals surface area contributed by atoms with Crippen LogP contribution in [0, 0.1) is 0 Å². The average Bonchev–Trinajstić information content (AvgIpc) is 2.66. The van der Waals surface area contributed by atoms with Crippen LogP contribution in [0.3, 0.4) is 0 Å². The van der Waals surface area contributed by atoms with Crippen molar-refractivity contribution in [3.05, 3.63) is 41.1 Å². The van der Waals surface area contributed by atoms with Gasteiger partial charge in [-0.2, -0.15) is 18.2 Å². The molecule has 2 aromatic rings. The van der Waals surface area contributed by atoms with E-state index in [1.165, 1.54) is 0 Å². The molecule has 0 aliphatic carbocycles. The number of nitrogens with zero attached hydrogens (tertiary/aromatic N) is 4. The van der Waals surface area contributed by atoms with Gasteiger partial charge >= 0.3 is 6.18 Å². The molecule has 4 N–H and O–H groups in total. The van der Waals surface area contributed by atoms with Crippen molar-refractivity contribution in [2.75, 3.05) is 30.9 Å². The summed E-state index contributed by atoms with van der Waals surface area (Å²) in [5, 5.41) is 13.0. The fourth-order valence-electron chi connectivity index (χ4n) is 2.48. The van der Waals surface area contributed by atoms with Crippen LogP contribution in [0.2, 0.25) is 0 Å². The number of anilines is 2. The Morgan fingerprint density at radius 2 is 1.83 bits per heavy atom. The third kappa shape index (κ3) is 5.53. The van der Waals surface area contributed by atoms with Gasteiger partial charge in [0.2, 0.25) is 5.95 Å². The number of amides is 2. The summed E-state index contributed by atoms with van der Waals surface area (Å²) < 4.78 is 37.8. The molecule has 1 aromatic carbocycles. The van der Waals surface area contributed by atoms with Gasteiger partial charge in [0.25, 0.3) is 11.8 Å². The van der Waals surface area contributed by atoms with Gasteiger partial charge in [0.1, 0.15) is 0 Å². The molecule has 2 amide bonds. The lowest BCUT2D eigenvalue weighted by molar-refractivity contribution is -0.137. The van der Waals surface area contributed by atoms with E-state index in [0.29, 0.717) is 0 Å². The molecule has 9 nitrogen and oxygen atoms in total. The topological polar surface area (TPSA) is 126 Å². The monoisotopic (exact) mass is 411 g/mol. The lowest BCUT2D eigenvalue weighted by atomic mass is 10.1. The minimum absolute atomic E-state index is 0.103. The number of aromatic nitrogens is 3. The van der Waals surface area contributed by atoms with Crippen molar-refractivity contribution in [2.45, 2.75) is 19.1 Å². The molecule has 0 spiro atoms. The van der Waals surface area contributed by atoms with E-state index >= 15 is 0 Å². The van der Waals surface area contributed by atoms with Crippen LogP contribution in [0.15, 0.2) is 24.3 Å². The molecular formula is C17H20F3N7O2. The first-order valence-electron chi connectivity index (χ1n) is 8.44. The molecule has 0 saturated carbocycles. The second-order valence-electron chi connectivity index (χ2n) is 6.25. The lowest BCUT2D eigenvalue weighted by Gasteiger charge is -2.22. The SMILES string of the molecule is CNc1nc(N(C)CC(C)NC(=O)c2ccc(C(F)(F)F)cc2)nnc1C(N)=O. The highest BCUT2D eigenvalue weighted by molar-refractivity contribution is 5.95. The normalized spacial score (nSPS) is 12.2. The average molecular weight is 411 g/mol. The van der Waals surface area contributed by atoms with Crippen LogP contribution in [0.25, 0.3) is 0 Å². The number of halogens is 3. The van der Waals surface area contributed by atoms with Gasteiger partial charge in [-0.15, -0.1) is 10.2 Å². The molecule has 0 aliphatic heterocycles. The Morgan fingerprint density at radius 1 is 1.21 bits per heavy atom. The van der Waals surface area contributed by atoms with Crippen molar-refractivity contribution in [1.82, 2.24) is 20.5 Å². The van der Waals surface area contributed by atoms with E-state index in [-0.39, 0.29) is 29.6 Å². The van der Waals surface area contributed by atoms with Crippen molar-refractivity contribution in [2.24, 2.45) is 5.73 Å². The van der Waals surface area contributed by atoms with E-state index < -0.39 is 29.6 Å². The Bertz CT molecular complexity index is 888.